The Hall–Kier alpha value is -3.29. The lowest BCUT2D eigenvalue weighted by Crippen LogP contribution is -2.49. The molecule has 2 N–H and O–H groups in total. The van der Waals surface area contributed by atoms with Crippen LogP contribution in [0.1, 0.15) is 19.3 Å². The summed E-state index contributed by atoms with van der Waals surface area (Å²) in [6, 6.07) is 4.19. The van der Waals surface area contributed by atoms with Crippen LogP contribution < -0.4 is 5.32 Å². The summed E-state index contributed by atoms with van der Waals surface area (Å²) in [7, 11) is 1.85. The van der Waals surface area contributed by atoms with Gasteiger partial charge in [0.1, 0.15) is 0 Å². The van der Waals surface area contributed by atoms with Crippen molar-refractivity contribution in [2.45, 2.75) is 30.9 Å². The molecule has 0 bridgehead atoms. The lowest BCUT2D eigenvalue weighted by Gasteiger charge is -2.44. The van der Waals surface area contributed by atoms with E-state index in [1.165, 1.54) is 0 Å². The van der Waals surface area contributed by atoms with Gasteiger partial charge in [-0.2, -0.15) is 15.5 Å². The first kappa shape index (κ1) is 17.8. The first-order valence-corrected chi connectivity index (χ1v) is 10.1. The van der Waals surface area contributed by atoms with E-state index in [2.05, 4.69) is 26.6 Å². The first-order chi connectivity index (χ1) is 14.1. The summed E-state index contributed by atoms with van der Waals surface area (Å²) in [5.74, 6) is 0.484. The van der Waals surface area contributed by atoms with E-state index in [0.717, 1.165) is 27.2 Å². The van der Waals surface area contributed by atoms with Gasteiger partial charge in [0.05, 0.1) is 58.1 Å². The first-order valence-electron chi connectivity index (χ1n) is 9.18. The van der Waals surface area contributed by atoms with Crippen molar-refractivity contribution in [1.82, 2.24) is 29.5 Å². The van der Waals surface area contributed by atoms with Crippen LogP contribution in [0.25, 0.3) is 21.5 Å². The molecule has 0 atom stereocenters. The Balaban J connectivity index is 1.54. The number of nitriles is 1. The molecule has 0 saturated heterocycles. The van der Waals surface area contributed by atoms with Crippen molar-refractivity contribution in [2.75, 3.05) is 5.32 Å². The predicted molar refractivity (Wildman–Crippen MR) is 109 cm³/mol. The summed E-state index contributed by atoms with van der Waals surface area (Å²) in [5.41, 5.74) is 2.86. The number of anilines is 2. The van der Waals surface area contributed by atoms with Crippen LogP contribution in [0.15, 0.2) is 36.2 Å². The van der Waals surface area contributed by atoms with E-state index in [1.54, 1.807) is 28.4 Å². The van der Waals surface area contributed by atoms with E-state index in [9.17, 15) is 10.4 Å². The zero-order valence-corrected chi connectivity index (χ0v) is 16.5. The SMILES string of the molecule is Cn1cc(Nc2nc(-c3cnn(C4(CC#N)CC(O)C4)c3)c3sccc3n2)cn1. The fourth-order valence-corrected chi connectivity index (χ4v) is 4.65. The molecule has 0 amide bonds. The number of aliphatic hydroxyl groups is 1. The highest BCUT2D eigenvalue weighted by Gasteiger charge is 2.46. The monoisotopic (exact) mass is 406 g/mol. The van der Waals surface area contributed by atoms with Gasteiger partial charge in [0, 0.05) is 25.0 Å². The van der Waals surface area contributed by atoms with Crippen molar-refractivity contribution < 1.29 is 5.11 Å². The summed E-state index contributed by atoms with van der Waals surface area (Å²) in [6.45, 7) is 0. The Kier molecular flexibility index (Phi) is 4.08. The van der Waals surface area contributed by atoms with Crippen molar-refractivity contribution in [3.63, 3.8) is 0 Å². The molecular formula is C19H18N8OS. The third kappa shape index (κ3) is 3.04. The maximum absolute atomic E-state index is 9.80. The topological polar surface area (TPSA) is 117 Å². The molecule has 0 aliphatic heterocycles. The maximum atomic E-state index is 9.80. The normalized spacial score (nSPS) is 21.1. The quantitative estimate of drug-likeness (QED) is 0.523. The minimum Gasteiger partial charge on any atom is -0.393 e. The zero-order valence-electron chi connectivity index (χ0n) is 15.6. The number of hydrogen-bond acceptors (Lipinski definition) is 8. The average Bonchev–Trinajstić information content (AvgIpc) is 3.40. The standard InChI is InChI=1S/C19H18N8OS/c1-26-11-13(9-21-26)23-18-24-15-2-5-29-17(15)16(25-18)12-8-22-27(10-12)19(3-4-20)6-14(28)7-19/h2,5,8-11,14,28H,3,6-7H2,1H3,(H,23,24,25). The summed E-state index contributed by atoms with van der Waals surface area (Å²) in [6.07, 6.45) is 8.25. The van der Waals surface area contributed by atoms with Crippen LogP contribution >= 0.6 is 11.3 Å². The van der Waals surface area contributed by atoms with Crippen LogP contribution in [0.3, 0.4) is 0 Å². The summed E-state index contributed by atoms with van der Waals surface area (Å²) in [4.78, 5) is 9.33. The molecule has 4 aromatic rings. The van der Waals surface area contributed by atoms with Crippen molar-refractivity contribution in [3.05, 3.63) is 36.2 Å². The van der Waals surface area contributed by atoms with Gasteiger partial charge in [-0.3, -0.25) is 9.36 Å². The van der Waals surface area contributed by atoms with Gasteiger partial charge in [-0.25, -0.2) is 9.97 Å². The van der Waals surface area contributed by atoms with E-state index in [0.29, 0.717) is 25.2 Å². The molecular weight excluding hydrogens is 388 g/mol. The van der Waals surface area contributed by atoms with Gasteiger partial charge in [0.25, 0.3) is 0 Å². The Morgan fingerprint density at radius 3 is 2.90 bits per heavy atom. The molecule has 4 aromatic heterocycles. The van der Waals surface area contributed by atoms with Crippen LogP contribution in [0.5, 0.6) is 0 Å². The predicted octanol–water partition coefficient (Wildman–Crippen LogP) is 2.80. The Bertz CT molecular complexity index is 1230. The number of rotatable bonds is 5. The summed E-state index contributed by atoms with van der Waals surface area (Å²) < 4.78 is 4.50. The summed E-state index contributed by atoms with van der Waals surface area (Å²) >= 11 is 1.58. The number of hydrogen-bond donors (Lipinski definition) is 2. The molecule has 5 rings (SSSR count). The molecule has 1 fully saturated rings. The second-order valence-corrected chi connectivity index (χ2v) is 8.27. The van der Waals surface area contributed by atoms with Gasteiger partial charge in [-0.15, -0.1) is 11.3 Å². The number of aliphatic hydroxyl groups excluding tert-OH is 1. The Morgan fingerprint density at radius 2 is 2.17 bits per heavy atom. The lowest BCUT2D eigenvalue weighted by molar-refractivity contribution is -0.0268. The molecule has 0 spiro atoms. The van der Waals surface area contributed by atoms with Crippen LogP contribution in [-0.2, 0) is 12.6 Å². The number of aryl methyl sites for hydroxylation is 1. The molecule has 0 radical (unpaired) electrons. The largest absolute Gasteiger partial charge is 0.393 e. The fraction of sp³-hybridized carbons (Fsp3) is 0.316. The van der Waals surface area contributed by atoms with Crippen molar-refractivity contribution in [3.8, 4) is 17.3 Å². The highest BCUT2D eigenvalue weighted by atomic mass is 32.1. The van der Waals surface area contributed by atoms with E-state index < -0.39 is 5.54 Å². The zero-order chi connectivity index (χ0) is 20.0. The van der Waals surface area contributed by atoms with E-state index in [-0.39, 0.29) is 6.10 Å². The van der Waals surface area contributed by atoms with Crippen LogP contribution in [-0.4, -0.2) is 40.7 Å². The van der Waals surface area contributed by atoms with Crippen LogP contribution in [0, 0.1) is 11.3 Å². The lowest BCUT2D eigenvalue weighted by atomic mass is 9.72. The molecule has 4 heterocycles. The van der Waals surface area contributed by atoms with E-state index in [1.807, 2.05) is 35.6 Å². The number of aromatic nitrogens is 6. The molecule has 9 nitrogen and oxygen atoms in total. The molecule has 1 aliphatic carbocycles. The number of fused-ring (bicyclic) bond motifs is 1. The van der Waals surface area contributed by atoms with E-state index in [4.69, 9.17) is 4.98 Å². The molecule has 10 heteroatoms. The third-order valence-electron chi connectivity index (χ3n) is 5.25. The molecule has 1 saturated carbocycles. The minimum atomic E-state index is -0.440. The summed E-state index contributed by atoms with van der Waals surface area (Å²) in [5, 5.41) is 32.9. The third-order valence-corrected chi connectivity index (χ3v) is 6.16. The van der Waals surface area contributed by atoms with Gasteiger partial charge >= 0.3 is 0 Å². The smallest absolute Gasteiger partial charge is 0.228 e. The molecule has 1 aliphatic rings. The Morgan fingerprint density at radius 1 is 1.31 bits per heavy atom. The van der Waals surface area contributed by atoms with Crippen LogP contribution in [0.4, 0.5) is 11.6 Å². The minimum absolute atomic E-state index is 0.317. The van der Waals surface area contributed by atoms with Gasteiger partial charge in [-0.05, 0) is 24.3 Å². The molecule has 29 heavy (non-hydrogen) atoms. The maximum Gasteiger partial charge on any atom is 0.228 e. The molecule has 0 aromatic carbocycles. The van der Waals surface area contributed by atoms with Crippen molar-refractivity contribution in [2.24, 2.45) is 7.05 Å². The van der Waals surface area contributed by atoms with Gasteiger partial charge in [0.2, 0.25) is 5.95 Å². The highest BCUT2D eigenvalue weighted by molar-refractivity contribution is 7.17. The number of thiophene rings is 1. The second-order valence-electron chi connectivity index (χ2n) is 7.35. The number of nitrogens with one attached hydrogen (secondary N) is 1. The van der Waals surface area contributed by atoms with Gasteiger partial charge < -0.3 is 10.4 Å². The molecule has 146 valence electrons. The van der Waals surface area contributed by atoms with Crippen molar-refractivity contribution in [1.29, 1.82) is 5.26 Å². The molecule has 0 unspecified atom stereocenters. The second kappa shape index (κ2) is 6.65. The highest BCUT2D eigenvalue weighted by Crippen LogP contribution is 2.42. The average molecular weight is 406 g/mol. The van der Waals surface area contributed by atoms with Crippen LogP contribution in [0.2, 0.25) is 0 Å². The van der Waals surface area contributed by atoms with E-state index >= 15 is 0 Å². The van der Waals surface area contributed by atoms with Gasteiger partial charge in [-0.1, -0.05) is 0 Å². The van der Waals surface area contributed by atoms with Gasteiger partial charge in [0.15, 0.2) is 0 Å². The van der Waals surface area contributed by atoms with Crippen molar-refractivity contribution >= 4 is 33.2 Å². The number of nitrogens with zero attached hydrogens (tertiary/aromatic N) is 7. The Labute approximate surface area is 170 Å². The fourth-order valence-electron chi connectivity index (χ4n) is 3.81.